The van der Waals surface area contributed by atoms with Crippen LogP contribution in [0.1, 0.15) is 25.3 Å². The first-order chi connectivity index (χ1) is 13.0. The molecule has 3 aromatic heterocycles. The van der Waals surface area contributed by atoms with E-state index < -0.39 is 0 Å². The van der Waals surface area contributed by atoms with Crippen molar-refractivity contribution in [3.8, 4) is 0 Å². The Bertz CT molecular complexity index is 1060. The molecule has 140 valence electrons. The largest absolute Gasteiger partial charge is 0.394 e. The summed E-state index contributed by atoms with van der Waals surface area (Å²) in [6.45, 7) is 4.54. The van der Waals surface area contributed by atoms with E-state index in [1.165, 1.54) is 0 Å². The van der Waals surface area contributed by atoms with Gasteiger partial charge in [-0.05, 0) is 61.9 Å². The van der Waals surface area contributed by atoms with E-state index >= 15 is 0 Å². The molecule has 0 spiro atoms. The zero-order valence-corrected chi connectivity index (χ0v) is 15.5. The number of aromatic nitrogens is 3. The average molecular weight is 365 g/mol. The van der Waals surface area contributed by atoms with Gasteiger partial charge in [0.05, 0.1) is 17.5 Å². The summed E-state index contributed by atoms with van der Waals surface area (Å²) in [7, 11) is 0. The summed E-state index contributed by atoms with van der Waals surface area (Å²) in [5.74, 6) is 1.80. The van der Waals surface area contributed by atoms with Gasteiger partial charge >= 0.3 is 0 Å². The van der Waals surface area contributed by atoms with E-state index in [9.17, 15) is 9.90 Å². The average Bonchev–Trinajstić information content (AvgIpc) is 3.42. The Labute approximate surface area is 157 Å². The van der Waals surface area contributed by atoms with E-state index in [1.54, 1.807) is 17.0 Å². The van der Waals surface area contributed by atoms with E-state index in [0.29, 0.717) is 29.4 Å². The normalized spacial score (nSPS) is 14.9. The number of rotatable bonds is 6. The van der Waals surface area contributed by atoms with Crippen molar-refractivity contribution in [1.82, 2.24) is 14.5 Å². The van der Waals surface area contributed by atoms with Gasteiger partial charge in [0.25, 0.3) is 5.56 Å². The van der Waals surface area contributed by atoms with Crippen LogP contribution < -0.4 is 16.2 Å². The van der Waals surface area contributed by atoms with Crippen molar-refractivity contribution < 1.29 is 5.11 Å². The number of hydrogen-bond donors (Lipinski definition) is 3. The van der Waals surface area contributed by atoms with E-state index in [2.05, 4.69) is 20.6 Å². The highest BCUT2D eigenvalue weighted by molar-refractivity contribution is 5.93. The predicted molar refractivity (Wildman–Crippen MR) is 107 cm³/mol. The smallest absolute Gasteiger partial charge is 0.262 e. The molecule has 7 nitrogen and oxygen atoms in total. The number of fused-ring (bicyclic) bond motifs is 1. The molecule has 7 heteroatoms. The number of anilines is 3. The number of aliphatic hydroxyl groups excluding tert-OH is 1. The third-order valence-electron chi connectivity index (χ3n) is 5.01. The highest BCUT2D eigenvalue weighted by Crippen LogP contribution is 2.39. The van der Waals surface area contributed by atoms with E-state index in [0.717, 1.165) is 23.8 Å². The minimum absolute atomic E-state index is 0.0159. The standard InChI is InChI=1S/C20H23N5O2/c1-3-25-9-5-14-11-16(22-15-10-13(2)4-8-21-15)23-18(17(14)19(25)27)24-20(12-26)6-7-20/h4-5,8-11,26H,3,6-7,12H2,1-2H3,(H2,21,22,23,24). The minimum atomic E-state index is -0.376. The van der Waals surface area contributed by atoms with Gasteiger partial charge in [-0.3, -0.25) is 4.79 Å². The third kappa shape index (κ3) is 3.38. The van der Waals surface area contributed by atoms with Gasteiger partial charge in [0, 0.05) is 18.9 Å². The van der Waals surface area contributed by atoms with E-state index in [4.69, 9.17) is 0 Å². The van der Waals surface area contributed by atoms with E-state index in [1.807, 2.05) is 38.1 Å². The first kappa shape index (κ1) is 17.5. The minimum Gasteiger partial charge on any atom is -0.394 e. The lowest BCUT2D eigenvalue weighted by molar-refractivity contribution is 0.266. The van der Waals surface area contributed by atoms with E-state index in [-0.39, 0.29) is 17.7 Å². The third-order valence-corrected chi connectivity index (χ3v) is 5.01. The summed E-state index contributed by atoms with van der Waals surface area (Å²) in [6, 6.07) is 7.63. The van der Waals surface area contributed by atoms with Crippen LogP contribution in [0.25, 0.3) is 10.8 Å². The lowest BCUT2D eigenvalue weighted by Crippen LogP contribution is -2.28. The van der Waals surface area contributed by atoms with Crippen LogP contribution in [0.5, 0.6) is 0 Å². The van der Waals surface area contributed by atoms with Gasteiger partial charge in [-0.15, -0.1) is 0 Å². The summed E-state index contributed by atoms with van der Waals surface area (Å²) in [5.41, 5.74) is 0.632. The number of nitrogens with one attached hydrogen (secondary N) is 2. The fraction of sp³-hybridized carbons (Fsp3) is 0.350. The lowest BCUT2D eigenvalue weighted by Gasteiger charge is -2.18. The van der Waals surface area contributed by atoms with Crippen molar-refractivity contribution in [1.29, 1.82) is 0 Å². The van der Waals surface area contributed by atoms with Gasteiger partial charge in [-0.1, -0.05) is 0 Å². The van der Waals surface area contributed by atoms with Gasteiger partial charge in [-0.2, -0.15) is 0 Å². The molecule has 3 N–H and O–H groups in total. The molecule has 0 aliphatic heterocycles. The molecular formula is C20H23N5O2. The van der Waals surface area contributed by atoms with Crippen molar-refractivity contribution in [3.63, 3.8) is 0 Å². The van der Waals surface area contributed by atoms with Gasteiger partial charge in [0.2, 0.25) is 0 Å². The molecule has 1 fully saturated rings. The Balaban J connectivity index is 1.83. The Morgan fingerprint density at radius 3 is 2.74 bits per heavy atom. The van der Waals surface area contributed by atoms with Crippen molar-refractivity contribution in [2.75, 3.05) is 17.2 Å². The van der Waals surface area contributed by atoms with Crippen molar-refractivity contribution in [2.24, 2.45) is 0 Å². The fourth-order valence-corrected chi connectivity index (χ4v) is 3.17. The quantitative estimate of drug-likeness (QED) is 0.622. The molecule has 3 heterocycles. The molecule has 0 unspecified atom stereocenters. The van der Waals surface area contributed by atoms with Crippen molar-refractivity contribution >= 4 is 28.2 Å². The molecular weight excluding hydrogens is 342 g/mol. The van der Waals surface area contributed by atoms with Crippen molar-refractivity contribution in [2.45, 2.75) is 38.8 Å². The molecule has 3 aromatic rings. The SMILES string of the molecule is CCn1ccc2cc(Nc3cc(C)ccn3)nc(NC3(CO)CC3)c2c1=O. The zero-order valence-electron chi connectivity index (χ0n) is 15.5. The molecule has 0 saturated heterocycles. The maximum atomic E-state index is 12.9. The van der Waals surface area contributed by atoms with Gasteiger partial charge < -0.3 is 20.3 Å². The molecule has 1 aliphatic carbocycles. The maximum Gasteiger partial charge on any atom is 0.262 e. The molecule has 1 saturated carbocycles. The Kier molecular flexibility index (Phi) is 4.31. The molecule has 0 atom stereocenters. The molecule has 0 aromatic carbocycles. The number of hydrogen-bond acceptors (Lipinski definition) is 6. The second-order valence-electron chi connectivity index (χ2n) is 7.13. The monoisotopic (exact) mass is 365 g/mol. The Morgan fingerprint density at radius 1 is 1.26 bits per heavy atom. The topological polar surface area (TPSA) is 92.1 Å². The maximum absolute atomic E-state index is 12.9. The zero-order chi connectivity index (χ0) is 19.0. The van der Waals surface area contributed by atoms with Crippen LogP contribution in [-0.4, -0.2) is 31.8 Å². The Hall–Kier alpha value is -2.93. The number of aliphatic hydroxyl groups is 1. The summed E-state index contributed by atoms with van der Waals surface area (Å²) < 4.78 is 1.66. The second-order valence-corrected chi connectivity index (χ2v) is 7.13. The van der Waals surface area contributed by atoms with Crippen LogP contribution >= 0.6 is 0 Å². The molecule has 0 radical (unpaired) electrons. The summed E-state index contributed by atoms with van der Waals surface area (Å²) in [5, 5.41) is 17.6. The van der Waals surface area contributed by atoms with Crippen LogP contribution in [0.4, 0.5) is 17.5 Å². The number of pyridine rings is 3. The second kappa shape index (κ2) is 6.66. The van der Waals surface area contributed by atoms with Crippen LogP contribution in [0.3, 0.4) is 0 Å². The van der Waals surface area contributed by atoms with Crippen LogP contribution in [0.2, 0.25) is 0 Å². The molecule has 0 bridgehead atoms. The van der Waals surface area contributed by atoms with Gasteiger partial charge in [-0.25, -0.2) is 9.97 Å². The molecule has 27 heavy (non-hydrogen) atoms. The first-order valence-corrected chi connectivity index (χ1v) is 9.16. The van der Waals surface area contributed by atoms with Crippen LogP contribution in [0, 0.1) is 6.92 Å². The lowest BCUT2D eigenvalue weighted by atomic mass is 10.1. The summed E-state index contributed by atoms with van der Waals surface area (Å²) >= 11 is 0. The highest BCUT2D eigenvalue weighted by Gasteiger charge is 2.42. The Morgan fingerprint density at radius 2 is 2.07 bits per heavy atom. The van der Waals surface area contributed by atoms with Gasteiger partial charge in [0.15, 0.2) is 0 Å². The van der Waals surface area contributed by atoms with Gasteiger partial charge in [0.1, 0.15) is 17.5 Å². The molecule has 0 amide bonds. The van der Waals surface area contributed by atoms with Crippen LogP contribution in [-0.2, 0) is 6.54 Å². The molecule has 1 aliphatic rings. The molecule has 4 rings (SSSR count). The highest BCUT2D eigenvalue weighted by atomic mass is 16.3. The predicted octanol–water partition coefficient (Wildman–Crippen LogP) is 2.80. The van der Waals surface area contributed by atoms with Crippen molar-refractivity contribution in [3.05, 3.63) is 52.6 Å². The first-order valence-electron chi connectivity index (χ1n) is 9.16. The summed E-state index contributed by atoms with van der Waals surface area (Å²) in [4.78, 5) is 21.8. The number of nitrogens with zero attached hydrogens (tertiary/aromatic N) is 3. The fourth-order valence-electron chi connectivity index (χ4n) is 3.17. The van der Waals surface area contributed by atoms with Crippen LogP contribution in [0.15, 0.2) is 41.5 Å². The number of aryl methyl sites for hydroxylation is 2. The summed E-state index contributed by atoms with van der Waals surface area (Å²) in [6.07, 6.45) is 5.25.